The molecular weight excluding hydrogens is 256 g/mol. The molecule has 0 aromatic carbocycles. The van der Waals surface area contributed by atoms with Crippen LogP contribution >= 0.6 is 0 Å². The minimum absolute atomic E-state index is 0.0316. The summed E-state index contributed by atoms with van der Waals surface area (Å²) in [6.45, 7) is 11.5. The van der Waals surface area contributed by atoms with E-state index in [9.17, 15) is 9.59 Å². The first-order valence-electron chi connectivity index (χ1n) is 7.46. The average Bonchev–Trinajstić information content (AvgIpc) is 2.32. The van der Waals surface area contributed by atoms with Crippen molar-refractivity contribution in [3.8, 4) is 0 Å². The first kappa shape index (κ1) is 18.7. The van der Waals surface area contributed by atoms with Gasteiger partial charge >= 0.3 is 12.0 Å². The Kier molecular flexibility index (Phi) is 8.26. The molecule has 0 saturated heterocycles. The third-order valence-corrected chi connectivity index (χ3v) is 3.44. The summed E-state index contributed by atoms with van der Waals surface area (Å²) in [5.74, 6) is -0.768. The Morgan fingerprint density at radius 2 is 1.85 bits per heavy atom. The number of nitrogens with one attached hydrogen (secondary N) is 1. The standard InChI is InChI=1S/C15H30N2O3/c1-6-11-17(12(2)3)14(20)16-10-9-15(4,5)8-7-13(18)19/h12H,6-11H2,1-5H3,(H,16,20)(H,18,19). The highest BCUT2D eigenvalue weighted by Crippen LogP contribution is 2.26. The van der Waals surface area contributed by atoms with Crippen molar-refractivity contribution in [3.05, 3.63) is 0 Å². The highest BCUT2D eigenvalue weighted by Gasteiger charge is 2.20. The Morgan fingerprint density at radius 1 is 1.25 bits per heavy atom. The third kappa shape index (κ3) is 8.02. The SMILES string of the molecule is CCCN(C(=O)NCCC(C)(C)CCC(=O)O)C(C)C. The molecule has 0 spiro atoms. The van der Waals surface area contributed by atoms with Crippen molar-refractivity contribution in [1.82, 2.24) is 10.2 Å². The Bertz CT molecular complexity index is 314. The van der Waals surface area contributed by atoms with Gasteiger partial charge in [0.25, 0.3) is 0 Å². The molecular formula is C15H30N2O3. The van der Waals surface area contributed by atoms with E-state index in [0.29, 0.717) is 13.0 Å². The van der Waals surface area contributed by atoms with Crippen LogP contribution in [0.25, 0.3) is 0 Å². The van der Waals surface area contributed by atoms with Crippen LogP contribution in [0.2, 0.25) is 0 Å². The highest BCUT2D eigenvalue weighted by molar-refractivity contribution is 5.74. The molecule has 0 bridgehead atoms. The maximum atomic E-state index is 12.0. The Balaban J connectivity index is 4.14. The quantitative estimate of drug-likeness (QED) is 0.684. The van der Waals surface area contributed by atoms with Crippen molar-refractivity contribution < 1.29 is 14.7 Å². The molecule has 0 aromatic rings. The van der Waals surface area contributed by atoms with Gasteiger partial charge in [0.2, 0.25) is 0 Å². The molecule has 5 nitrogen and oxygen atoms in total. The zero-order valence-electron chi connectivity index (χ0n) is 13.5. The molecule has 0 aliphatic heterocycles. The second-order valence-electron chi connectivity index (χ2n) is 6.33. The van der Waals surface area contributed by atoms with E-state index in [-0.39, 0.29) is 23.9 Å². The number of hydrogen-bond donors (Lipinski definition) is 2. The van der Waals surface area contributed by atoms with Gasteiger partial charge in [-0.15, -0.1) is 0 Å². The van der Waals surface area contributed by atoms with Gasteiger partial charge < -0.3 is 15.3 Å². The summed E-state index contributed by atoms with van der Waals surface area (Å²) < 4.78 is 0. The zero-order valence-corrected chi connectivity index (χ0v) is 13.5. The van der Waals surface area contributed by atoms with Gasteiger partial charge in [0.05, 0.1) is 0 Å². The van der Waals surface area contributed by atoms with Crippen molar-refractivity contribution in [2.45, 2.75) is 66.3 Å². The lowest BCUT2D eigenvalue weighted by Crippen LogP contribution is -2.45. The lowest BCUT2D eigenvalue weighted by Gasteiger charge is -2.28. The fourth-order valence-corrected chi connectivity index (χ4v) is 2.01. The number of carboxylic acid groups (broad SMARTS) is 1. The van der Waals surface area contributed by atoms with Crippen LogP contribution in [0, 0.1) is 5.41 Å². The minimum atomic E-state index is -0.768. The van der Waals surface area contributed by atoms with E-state index >= 15 is 0 Å². The average molecular weight is 286 g/mol. The summed E-state index contributed by atoms with van der Waals surface area (Å²) in [6.07, 6.45) is 2.52. The summed E-state index contributed by atoms with van der Waals surface area (Å²) in [5.41, 5.74) is -0.0704. The molecule has 20 heavy (non-hydrogen) atoms. The van der Waals surface area contributed by atoms with E-state index in [1.165, 1.54) is 0 Å². The van der Waals surface area contributed by atoms with Crippen molar-refractivity contribution in [2.75, 3.05) is 13.1 Å². The van der Waals surface area contributed by atoms with Gasteiger partial charge in [0, 0.05) is 25.6 Å². The summed E-state index contributed by atoms with van der Waals surface area (Å²) in [5, 5.41) is 11.6. The van der Waals surface area contributed by atoms with Gasteiger partial charge in [0.1, 0.15) is 0 Å². The van der Waals surface area contributed by atoms with Crippen LogP contribution in [-0.2, 0) is 4.79 Å². The molecule has 118 valence electrons. The number of urea groups is 1. The third-order valence-electron chi connectivity index (χ3n) is 3.44. The monoisotopic (exact) mass is 286 g/mol. The fourth-order valence-electron chi connectivity index (χ4n) is 2.01. The van der Waals surface area contributed by atoms with Crippen LogP contribution in [0.1, 0.15) is 60.3 Å². The second kappa shape index (κ2) is 8.82. The number of carboxylic acids is 1. The largest absolute Gasteiger partial charge is 0.481 e. The molecule has 0 aliphatic carbocycles. The second-order valence-corrected chi connectivity index (χ2v) is 6.33. The van der Waals surface area contributed by atoms with Crippen LogP contribution in [-0.4, -0.2) is 41.1 Å². The number of nitrogens with zero attached hydrogens (tertiary/aromatic N) is 1. The maximum Gasteiger partial charge on any atom is 0.317 e. The summed E-state index contributed by atoms with van der Waals surface area (Å²) in [4.78, 5) is 24.5. The van der Waals surface area contributed by atoms with E-state index in [4.69, 9.17) is 5.11 Å². The molecule has 0 saturated carbocycles. The molecule has 2 amide bonds. The molecule has 5 heteroatoms. The van der Waals surface area contributed by atoms with Crippen LogP contribution in [0.3, 0.4) is 0 Å². The minimum Gasteiger partial charge on any atom is -0.481 e. The molecule has 0 atom stereocenters. The predicted octanol–water partition coefficient (Wildman–Crippen LogP) is 3.10. The number of rotatable bonds is 9. The number of amides is 2. The lowest BCUT2D eigenvalue weighted by atomic mass is 9.84. The predicted molar refractivity (Wildman–Crippen MR) is 80.8 cm³/mol. The normalized spacial score (nSPS) is 11.5. The van der Waals surface area contributed by atoms with Crippen LogP contribution in [0.15, 0.2) is 0 Å². The molecule has 0 aliphatic rings. The van der Waals surface area contributed by atoms with Crippen molar-refractivity contribution >= 4 is 12.0 Å². The molecule has 0 radical (unpaired) electrons. The van der Waals surface area contributed by atoms with Gasteiger partial charge in [-0.2, -0.15) is 0 Å². The fraction of sp³-hybridized carbons (Fsp3) is 0.867. The van der Waals surface area contributed by atoms with Gasteiger partial charge in [0.15, 0.2) is 0 Å². The van der Waals surface area contributed by atoms with Gasteiger partial charge in [-0.05, 0) is 38.5 Å². The van der Waals surface area contributed by atoms with E-state index in [0.717, 1.165) is 19.4 Å². The first-order chi connectivity index (χ1) is 9.19. The number of hydrogen-bond acceptors (Lipinski definition) is 2. The van der Waals surface area contributed by atoms with Crippen LogP contribution < -0.4 is 5.32 Å². The lowest BCUT2D eigenvalue weighted by molar-refractivity contribution is -0.137. The van der Waals surface area contributed by atoms with Crippen molar-refractivity contribution in [1.29, 1.82) is 0 Å². The van der Waals surface area contributed by atoms with E-state index in [1.54, 1.807) is 0 Å². The van der Waals surface area contributed by atoms with Gasteiger partial charge in [-0.1, -0.05) is 20.8 Å². The number of aliphatic carboxylic acids is 1. The van der Waals surface area contributed by atoms with E-state index in [2.05, 4.69) is 12.2 Å². The molecule has 0 fully saturated rings. The van der Waals surface area contributed by atoms with Crippen LogP contribution in [0.4, 0.5) is 4.79 Å². The summed E-state index contributed by atoms with van der Waals surface area (Å²) >= 11 is 0. The van der Waals surface area contributed by atoms with E-state index in [1.807, 2.05) is 32.6 Å². The Labute approximate surface area is 122 Å². The van der Waals surface area contributed by atoms with Crippen molar-refractivity contribution in [3.63, 3.8) is 0 Å². The van der Waals surface area contributed by atoms with Crippen molar-refractivity contribution in [2.24, 2.45) is 5.41 Å². The maximum absolute atomic E-state index is 12.0. The highest BCUT2D eigenvalue weighted by atomic mass is 16.4. The van der Waals surface area contributed by atoms with Gasteiger partial charge in [-0.3, -0.25) is 4.79 Å². The smallest absolute Gasteiger partial charge is 0.317 e. The number of carbonyl (C=O) groups excluding carboxylic acids is 1. The molecule has 0 rings (SSSR count). The van der Waals surface area contributed by atoms with Crippen LogP contribution in [0.5, 0.6) is 0 Å². The Hall–Kier alpha value is -1.26. The molecule has 0 aromatic heterocycles. The molecule has 0 unspecified atom stereocenters. The molecule has 0 heterocycles. The Morgan fingerprint density at radius 3 is 2.30 bits per heavy atom. The van der Waals surface area contributed by atoms with E-state index < -0.39 is 5.97 Å². The number of carbonyl (C=O) groups is 2. The topological polar surface area (TPSA) is 69.6 Å². The molecule has 2 N–H and O–H groups in total. The first-order valence-corrected chi connectivity index (χ1v) is 7.46. The summed E-state index contributed by atoms with van der Waals surface area (Å²) in [6, 6.07) is 0.158. The van der Waals surface area contributed by atoms with Gasteiger partial charge in [-0.25, -0.2) is 4.79 Å². The summed E-state index contributed by atoms with van der Waals surface area (Å²) in [7, 11) is 0. The zero-order chi connectivity index (χ0) is 15.8.